The Bertz CT molecular complexity index is 1190. The van der Waals surface area contributed by atoms with Crippen molar-refractivity contribution in [2.75, 3.05) is 18.1 Å². The summed E-state index contributed by atoms with van der Waals surface area (Å²) in [7, 11) is -1.71. The fraction of sp³-hybridized carbons (Fsp3) is 0.500. The van der Waals surface area contributed by atoms with Crippen LogP contribution in [-0.4, -0.2) is 27.8 Å². The average molecular weight is 602 g/mol. The Morgan fingerprint density at radius 3 is 1.70 bits per heavy atom. The highest BCUT2D eigenvalue weighted by Crippen LogP contribution is 2.38. The number of ether oxygens (including phenoxy) is 1. The zero-order valence-electron chi connectivity index (χ0n) is 27.9. The predicted molar refractivity (Wildman–Crippen MR) is 186 cm³/mol. The van der Waals surface area contributed by atoms with Gasteiger partial charge >= 0.3 is 0 Å². The van der Waals surface area contributed by atoms with Crippen LogP contribution >= 0.6 is 0 Å². The van der Waals surface area contributed by atoms with Gasteiger partial charge in [-0.05, 0) is 111 Å². The lowest BCUT2D eigenvalue weighted by molar-refractivity contribution is 0.111. The molecular weight excluding hydrogens is 547 g/mol. The molecular formula is C38H55NO3Si. The Kier molecular flexibility index (Phi) is 13.5. The van der Waals surface area contributed by atoms with Gasteiger partial charge in [0.1, 0.15) is 5.75 Å². The van der Waals surface area contributed by atoms with Crippen molar-refractivity contribution in [1.29, 1.82) is 0 Å². The first-order valence-electron chi connectivity index (χ1n) is 16.4. The number of hydrogen-bond donors (Lipinski definition) is 0. The van der Waals surface area contributed by atoms with E-state index in [9.17, 15) is 4.79 Å². The maximum absolute atomic E-state index is 11.9. The molecule has 0 aromatic heterocycles. The fourth-order valence-electron chi connectivity index (χ4n) is 4.82. The van der Waals surface area contributed by atoms with Crippen LogP contribution in [0.1, 0.15) is 101 Å². The number of rotatable bonds is 18. The van der Waals surface area contributed by atoms with E-state index in [-0.39, 0.29) is 5.04 Å². The highest BCUT2D eigenvalue weighted by Gasteiger charge is 2.36. The van der Waals surface area contributed by atoms with E-state index in [0.717, 1.165) is 62.1 Å². The maximum atomic E-state index is 11.9. The average Bonchev–Trinajstić information content (AvgIpc) is 2.99. The summed E-state index contributed by atoms with van der Waals surface area (Å²) in [6.45, 7) is 17.3. The number of carbonyl (C=O) groups is 1. The number of aldehydes is 1. The van der Waals surface area contributed by atoms with Gasteiger partial charge in [0.15, 0.2) is 14.6 Å². The fourth-order valence-corrected chi connectivity index (χ4v) is 5.91. The Hall–Kier alpha value is -2.89. The summed E-state index contributed by atoms with van der Waals surface area (Å²) in [6, 6.07) is 23.7. The van der Waals surface area contributed by atoms with Crippen LogP contribution in [0.5, 0.6) is 5.75 Å². The molecule has 0 aliphatic carbocycles. The van der Waals surface area contributed by atoms with E-state index in [0.29, 0.717) is 17.9 Å². The summed E-state index contributed by atoms with van der Waals surface area (Å²) in [5.41, 5.74) is 6.45. The first-order chi connectivity index (χ1) is 20.6. The largest absolute Gasteiger partial charge is 0.493 e. The van der Waals surface area contributed by atoms with Crippen LogP contribution in [0.2, 0.25) is 18.1 Å². The van der Waals surface area contributed by atoms with Gasteiger partial charge in [0, 0.05) is 29.7 Å². The molecule has 0 atom stereocenters. The minimum atomic E-state index is -1.71. The summed E-state index contributed by atoms with van der Waals surface area (Å²) in [5.74, 6) is 0.633. The Balaban J connectivity index is 1.76. The van der Waals surface area contributed by atoms with Crippen LogP contribution in [0.25, 0.3) is 0 Å². The molecule has 0 aliphatic rings. The molecule has 5 heteroatoms. The van der Waals surface area contributed by atoms with Crippen molar-refractivity contribution in [2.45, 2.75) is 111 Å². The molecule has 0 unspecified atom stereocenters. The van der Waals surface area contributed by atoms with Crippen LogP contribution in [0.4, 0.5) is 17.1 Å². The third-order valence-electron chi connectivity index (χ3n) is 8.72. The number of carbonyl (C=O) groups excluding carboxylic acids is 1. The first kappa shape index (κ1) is 34.6. The topological polar surface area (TPSA) is 38.8 Å². The summed E-state index contributed by atoms with van der Waals surface area (Å²) in [6.07, 6.45) is 10.8. The molecule has 0 spiro atoms. The van der Waals surface area contributed by atoms with E-state index in [4.69, 9.17) is 9.16 Å². The van der Waals surface area contributed by atoms with E-state index < -0.39 is 8.32 Å². The van der Waals surface area contributed by atoms with E-state index in [1.807, 2.05) is 18.2 Å². The number of anilines is 3. The monoisotopic (exact) mass is 601 g/mol. The Morgan fingerprint density at radius 2 is 1.21 bits per heavy atom. The van der Waals surface area contributed by atoms with Gasteiger partial charge in [-0.2, -0.15) is 0 Å². The summed E-state index contributed by atoms with van der Waals surface area (Å²) in [4.78, 5) is 14.2. The lowest BCUT2D eigenvalue weighted by Gasteiger charge is -2.36. The highest BCUT2D eigenvalue weighted by molar-refractivity contribution is 6.74. The van der Waals surface area contributed by atoms with Crippen LogP contribution < -0.4 is 9.64 Å². The molecule has 0 fully saturated rings. The van der Waals surface area contributed by atoms with E-state index >= 15 is 0 Å². The molecule has 0 aliphatic heterocycles. The van der Waals surface area contributed by atoms with Crippen molar-refractivity contribution in [1.82, 2.24) is 0 Å². The lowest BCUT2D eigenvalue weighted by atomic mass is 10.1. The highest BCUT2D eigenvalue weighted by atomic mass is 28.4. The molecule has 0 saturated carbocycles. The first-order valence-corrected chi connectivity index (χ1v) is 19.3. The quantitative estimate of drug-likeness (QED) is 0.0826. The third-order valence-corrected chi connectivity index (χ3v) is 13.3. The minimum absolute atomic E-state index is 0.231. The summed E-state index contributed by atoms with van der Waals surface area (Å²) in [5, 5.41) is 0.231. The van der Waals surface area contributed by atoms with Crippen molar-refractivity contribution in [3.05, 3.63) is 83.4 Å². The minimum Gasteiger partial charge on any atom is -0.493 e. The molecule has 0 radical (unpaired) electrons. The molecule has 0 bridgehead atoms. The molecule has 0 amide bonds. The van der Waals surface area contributed by atoms with Gasteiger partial charge in [0.05, 0.1) is 12.2 Å². The van der Waals surface area contributed by atoms with Crippen LogP contribution in [-0.2, 0) is 17.3 Å². The molecule has 0 saturated heterocycles. The number of hydrogen-bond acceptors (Lipinski definition) is 4. The van der Waals surface area contributed by atoms with Gasteiger partial charge in [-0.25, -0.2) is 0 Å². The van der Waals surface area contributed by atoms with Crippen molar-refractivity contribution in [3.8, 4) is 5.75 Å². The van der Waals surface area contributed by atoms with Gasteiger partial charge < -0.3 is 14.1 Å². The molecule has 3 aromatic carbocycles. The molecule has 0 heterocycles. The second-order valence-corrected chi connectivity index (χ2v) is 18.0. The van der Waals surface area contributed by atoms with Crippen molar-refractivity contribution < 1.29 is 14.0 Å². The van der Waals surface area contributed by atoms with Gasteiger partial charge in [0.25, 0.3) is 0 Å². The SMILES string of the molecule is CCCCc1ccc(N(c2ccc(CCCC)cc2)c2ccc(C=O)c(OCCCCCO[Si](C)(C)C(C)(C)C)c2)cc1. The zero-order chi connectivity index (χ0) is 31.3. The van der Waals surface area contributed by atoms with Crippen LogP contribution in [0.3, 0.4) is 0 Å². The second-order valence-electron chi connectivity index (χ2n) is 13.2. The number of benzene rings is 3. The Labute approximate surface area is 262 Å². The Morgan fingerprint density at radius 1 is 0.698 bits per heavy atom. The third kappa shape index (κ3) is 10.4. The van der Waals surface area contributed by atoms with Gasteiger partial charge in [0.2, 0.25) is 0 Å². The van der Waals surface area contributed by atoms with Gasteiger partial charge in [-0.1, -0.05) is 71.7 Å². The van der Waals surface area contributed by atoms with Crippen molar-refractivity contribution >= 4 is 31.7 Å². The summed E-state index contributed by atoms with van der Waals surface area (Å²) >= 11 is 0. The number of unbranched alkanes of at least 4 members (excludes halogenated alkanes) is 4. The predicted octanol–water partition coefficient (Wildman–Crippen LogP) is 11.2. The molecule has 3 rings (SSSR count). The maximum Gasteiger partial charge on any atom is 0.191 e. The second kappa shape index (κ2) is 16.8. The van der Waals surface area contributed by atoms with Crippen LogP contribution in [0.15, 0.2) is 66.7 Å². The lowest BCUT2D eigenvalue weighted by Crippen LogP contribution is -2.40. The van der Waals surface area contributed by atoms with E-state index in [1.165, 1.54) is 36.8 Å². The molecule has 3 aromatic rings. The van der Waals surface area contributed by atoms with E-state index in [1.54, 1.807) is 0 Å². The molecule has 0 N–H and O–H groups in total. The van der Waals surface area contributed by atoms with E-state index in [2.05, 4.69) is 101 Å². The normalized spacial score (nSPS) is 11.9. The van der Waals surface area contributed by atoms with Crippen molar-refractivity contribution in [2.24, 2.45) is 0 Å². The van der Waals surface area contributed by atoms with Gasteiger partial charge in [-0.15, -0.1) is 0 Å². The van der Waals surface area contributed by atoms with Crippen LogP contribution in [0, 0.1) is 0 Å². The molecule has 43 heavy (non-hydrogen) atoms. The molecule has 4 nitrogen and oxygen atoms in total. The zero-order valence-corrected chi connectivity index (χ0v) is 28.9. The number of nitrogens with zero attached hydrogens (tertiary/aromatic N) is 1. The van der Waals surface area contributed by atoms with Crippen molar-refractivity contribution in [3.63, 3.8) is 0 Å². The smallest absolute Gasteiger partial charge is 0.191 e. The standard InChI is InChI=1S/C38H55NO3Si/c1-8-10-15-31-17-22-34(23-18-31)39(35-24-19-32(20-25-35)16-11-9-2)36-26-21-33(30-40)37(29-36)41-27-13-12-14-28-42-43(6,7)38(3,4)5/h17-26,29-30H,8-16,27-28H2,1-7H3. The molecule has 234 valence electrons. The summed E-state index contributed by atoms with van der Waals surface area (Å²) < 4.78 is 12.5. The van der Waals surface area contributed by atoms with Gasteiger partial charge in [-0.3, -0.25) is 4.79 Å². The number of aryl methyl sites for hydroxylation is 2.